The Bertz CT molecular complexity index is 1730. The van der Waals surface area contributed by atoms with E-state index in [2.05, 4.69) is 108 Å². The standard InChI is InChI=1S/C36H42ClN7/c1-5-36(4,24-35(2,3)25-39-30-17-18-38-32-23-26(37)15-16-28(30)32)42-33-29-13-9-10-14-31(29)40-34(41-33)44-21-19-43(20-22-44)27-11-7-6-8-12-27/h6-18,23H,5,19-22,24-25H2,1-4H3,(H,38,39)(H,40,41,42). The lowest BCUT2D eigenvalue weighted by Crippen LogP contribution is -2.47. The van der Waals surface area contributed by atoms with Crippen LogP contribution < -0.4 is 20.4 Å². The predicted molar refractivity (Wildman–Crippen MR) is 186 cm³/mol. The monoisotopic (exact) mass is 607 g/mol. The Morgan fingerprint density at radius 2 is 1.52 bits per heavy atom. The van der Waals surface area contributed by atoms with Gasteiger partial charge in [0.15, 0.2) is 0 Å². The lowest BCUT2D eigenvalue weighted by atomic mass is 9.77. The van der Waals surface area contributed by atoms with Gasteiger partial charge in [0.1, 0.15) is 5.82 Å². The van der Waals surface area contributed by atoms with Crippen LogP contribution in [0.2, 0.25) is 5.02 Å². The van der Waals surface area contributed by atoms with Crippen molar-refractivity contribution >= 4 is 56.5 Å². The minimum atomic E-state index is -0.181. The Morgan fingerprint density at radius 3 is 2.30 bits per heavy atom. The van der Waals surface area contributed by atoms with Crippen molar-refractivity contribution in [3.63, 3.8) is 0 Å². The first kappa shape index (κ1) is 29.9. The van der Waals surface area contributed by atoms with Gasteiger partial charge in [-0.25, -0.2) is 4.98 Å². The number of hydrogen-bond donors (Lipinski definition) is 2. The number of nitrogens with zero attached hydrogens (tertiary/aromatic N) is 5. The third-order valence-electron chi connectivity index (χ3n) is 8.81. The molecule has 1 aliphatic heterocycles. The topological polar surface area (TPSA) is 69.2 Å². The highest BCUT2D eigenvalue weighted by Crippen LogP contribution is 2.36. The van der Waals surface area contributed by atoms with Gasteiger partial charge in [0.05, 0.1) is 11.0 Å². The molecule has 0 radical (unpaired) electrons. The molecular formula is C36H42ClN7. The van der Waals surface area contributed by atoms with Crippen LogP contribution in [-0.4, -0.2) is 53.2 Å². The molecule has 1 saturated heterocycles. The van der Waals surface area contributed by atoms with Gasteiger partial charge in [0.25, 0.3) is 0 Å². The zero-order valence-electron chi connectivity index (χ0n) is 26.1. The largest absolute Gasteiger partial charge is 0.384 e. The molecule has 1 fully saturated rings. The van der Waals surface area contributed by atoms with E-state index in [9.17, 15) is 0 Å². The summed E-state index contributed by atoms with van der Waals surface area (Å²) in [7, 11) is 0. The third-order valence-corrected chi connectivity index (χ3v) is 9.04. The van der Waals surface area contributed by atoms with E-state index in [0.717, 1.165) is 84.8 Å². The van der Waals surface area contributed by atoms with E-state index in [4.69, 9.17) is 21.6 Å². The molecule has 0 aliphatic carbocycles. The average molecular weight is 608 g/mol. The first-order valence-corrected chi connectivity index (χ1v) is 16.0. The van der Waals surface area contributed by atoms with Gasteiger partial charge >= 0.3 is 0 Å². The molecule has 0 spiro atoms. The summed E-state index contributed by atoms with van der Waals surface area (Å²) in [5.74, 6) is 1.70. The fourth-order valence-electron chi connectivity index (χ4n) is 6.38. The molecule has 0 bridgehead atoms. The normalized spacial score (nSPS) is 15.4. The SMILES string of the molecule is CCC(C)(CC(C)(C)CNc1ccnc2cc(Cl)ccc12)Nc1nc(N2CCN(c3ccccc3)CC2)nc2ccccc12. The van der Waals surface area contributed by atoms with E-state index in [1.807, 2.05) is 30.5 Å². The average Bonchev–Trinajstić information content (AvgIpc) is 3.04. The van der Waals surface area contributed by atoms with Gasteiger partial charge in [-0.2, -0.15) is 4.98 Å². The number of hydrogen-bond acceptors (Lipinski definition) is 7. The number of para-hydroxylation sites is 2. The lowest BCUT2D eigenvalue weighted by molar-refractivity contribution is 0.271. The van der Waals surface area contributed by atoms with Gasteiger partial charge in [-0.3, -0.25) is 4.98 Å². The van der Waals surface area contributed by atoms with E-state index < -0.39 is 0 Å². The van der Waals surface area contributed by atoms with Crippen molar-refractivity contribution in [1.29, 1.82) is 0 Å². The van der Waals surface area contributed by atoms with Crippen LogP contribution >= 0.6 is 11.6 Å². The fraction of sp³-hybridized carbons (Fsp3) is 0.361. The Morgan fingerprint density at radius 1 is 0.795 bits per heavy atom. The van der Waals surface area contributed by atoms with Gasteiger partial charge < -0.3 is 20.4 Å². The van der Waals surface area contributed by atoms with E-state index in [1.165, 1.54) is 5.69 Å². The minimum absolute atomic E-state index is 0.0147. The molecule has 2 N–H and O–H groups in total. The zero-order chi connectivity index (χ0) is 30.7. The zero-order valence-corrected chi connectivity index (χ0v) is 26.9. The first-order valence-electron chi connectivity index (χ1n) is 15.6. The van der Waals surface area contributed by atoms with Gasteiger partial charge in [-0.05, 0) is 73.7 Å². The number of nitrogens with one attached hydrogen (secondary N) is 2. The van der Waals surface area contributed by atoms with Crippen LogP contribution in [0, 0.1) is 5.41 Å². The van der Waals surface area contributed by atoms with E-state index in [0.29, 0.717) is 5.02 Å². The second-order valence-electron chi connectivity index (χ2n) is 13.0. The molecule has 7 nitrogen and oxygen atoms in total. The summed E-state index contributed by atoms with van der Waals surface area (Å²) < 4.78 is 0. The quantitative estimate of drug-likeness (QED) is 0.166. The van der Waals surface area contributed by atoms with Crippen molar-refractivity contribution in [1.82, 2.24) is 15.0 Å². The van der Waals surface area contributed by atoms with Crippen LogP contribution in [0.4, 0.5) is 23.1 Å². The molecule has 8 heteroatoms. The van der Waals surface area contributed by atoms with Crippen molar-refractivity contribution in [2.24, 2.45) is 5.41 Å². The number of pyridine rings is 1. The molecule has 0 saturated carbocycles. The summed E-state index contributed by atoms with van der Waals surface area (Å²) in [5.41, 5.74) is 4.01. The van der Waals surface area contributed by atoms with Crippen molar-refractivity contribution in [2.45, 2.75) is 46.1 Å². The number of anilines is 4. The second kappa shape index (κ2) is 12.5. The number of piperazine rings is 1. The maximum Gasteiger partial charge on any atom is 0.228 e. The van der Waals surface area contributed by atoms with Crippen molar-refractivity contribution in [3.05, 3.63) is 90.1 Å². The Hall–Kier alpha value is -4.10. The molecule has 3 heterocycles. The summed E-state index contributed by atoms with van der Waals surface area (Å²) in [6, 6.07) is 26.9. The molecule has 0 amide bonds. The van der Waals surface area contributed by atoms with Crippen molar-refractivity contribution in [2.75, 3.05) is 53.2 Å². The van der Waals surface area contributed by atoms with E-state index in [1.54, 1.807) is 0 Å². The van der Waals surface area contributed by atoms with Gasteiger partial charge in [0.2, 0.25) is 5.95 Å². The smallest absolute Gasteiger partial charge is 0.228 e. The lowest BCUT2D eigenvalue weighted by Gasteiger charge is -2.39. The molecule has 1 atom stereocenters. The third kappa shape index (κ3) is 6.68. The highest BCUT2D eigenvalue weighted by Gasteiger charge is 2.32. The summed E-state index contributed by atoms with van der Waals surface area (Å²) in [6.07, 6.45) is 3.74. The highest BCUT2D eigenvalue weighted by molar-refractivity contribution is 6.31. The van der Waals surface area contributed by atoms with Crippen LogP contribution in [-0.2, 0) is 0 Å². The molecule has 6 rings (SSSR count). The van der Waals surface area contributed by atoms with Gasteiger partial charge in [0, 0.05) is 71.6 Å². The predicted octanol–water partition coefficient (Wildman–Crippen LogP) is 8.27. The number of halogens is 1. The summed E-state index contributed by atoms with van der Waals surface area (Å²) in [5, 5.41) is 10.4. The Kier molecular flexibility index (Phi) is 8.50. The Labute approximate surface area is 265 Å². The first-order chi connectivity index (χ1) is 21.2. The van der Waals surface area contributed by atoms with Crippen molar-refractivity contribution in [3.8, 4) is 0 Å². The molecule has 44 heavy (non-hydrogen) atoms. The van der Waals surface area contributed by atoms with Crippen LogP contribution in [0.1, 0.15) is 40.5 Å². The summed E-state index contributed by atoms with van der Waals surface area (Å²) in [4.78, 5) is 19.4. The van der Waals surface area contributed by atoms with E-state index >= 15 is 0 Å². The van der Waals surface area contributed by atoms with Gasteiger partial charge in [-0.1, -0.05) is 62.7 Å². The number of aromatic nitrogens is 3. The number of fused-ring (bicyclic) bond motifs is 2. The highest BCUT2D eigenvalue weighted by atomic mass is 35.5. The van der Waals surface area contributed by atoms with Crippen LogP contribution in [0.5, 0.6) is 0 Å². The Balaban J connectivity index is 1.19. The molecule has 1 unspecified atom stereocenters. The molecule has 5 aromatic rings. The van der Waals surface area contributed by atoms with Crippen LogP contribution in [0.15, 0.2) is 85.1 Å². The molecule has 2 aromatic heterocycles. The maximum atomic E-state index is 6.21. The van der Waals surface area contributed by atoms with Crippen LogP contribution in [0.25, 0.3) is 21.8 Å². The maximum absolute atomic E-state index is 6.21. The van der Waals surface area contributed by atoms with Crippen molar-refractivity contribution < 1.29 is 0 Å². The molecule has 3 aromatic carbocycles. The number of rotatable bonds is 10. The molecule has 228 valence electrons. The summed E-state index contributed by atoms with van der Waals surface area (Å²) in [6.45, 7) is 13.7. The minimum Gasteiger partial charge on any atom is -0.384 e. The van der Waals surface area contributed by atoms with Gasteiger partial charge in [-0.15, -0.1) is 0 Å². The van der Waals surface area contributed by atoms with Crippen LogP contribution in [0.3, 0.4) is 0 Å². The fourth-order valence-corrected chi connectivity index (χ4v) is 6.54. The number of benzene rings is 3. The second-order valence-corrected chi connectivity index (χ2v) is 13.4. The summed E-state index contributed by atoms with van der Waals surface area (Å²) >= 11 is 6.21. The molecular weight excluding hydrogens is 566 g/mol. The molecule has 1 aliphatic rings. The van der Waals surface area contributed by atoms with E-state index in [-0.39, 0.29) is 11.0 Å².